The van der Waals surface area contributed by atoms with E-state index in [-0.39, 0.29) is 17.4 Å². The van der Waals surface area contributed by atoms with Crippen LogP contribution in [0, 0.1) is 0 Å². The fraction of sp³-hybridized carbons (Fsp3) is 0.318. The highest BCUT2D eigenvalue weighted by molar-refractivity contribution is 6.01. The van der Waals surface area contributed by atoms with Gasteiger partial charge in [0.2, 0.25) is 0 Å². The Kier molecular flexibility index (Phi) is 7.74. The van der Waals surface area contributed by atoms with Crippen LogP contribution in [-0.2, 0) is 6.42 Å². The molecule has 0 fully saturated rings. The summed E-state index contributed by atoms with van der Waals surface area (Å²) in [5, 5.41) is 25.8. The Morgan fingerprint density at radius 3 is 2.50 bits per heavy atom. The maximum absolute atomic E-state index is 11.9. The van der Waals surface area contributed by atoms with Gasteiger partial charge in [-0.3, -0.25) is 9.59 Å². The lowest BCUT2D eigenvalue weighted by Gasteiger charge is -2.15. The van der Waals surface area contributed by atoms with Gasteiger partial charge >= 0.3 is 0 Å². The number of hydrogen-bond donors (Lipinski definition) is 3. The summed E-state index contributed by atoms with van der Waals surface area (Å²) in [4.78, 5) is 23.5. The standard InChI is InChI=1S/C22H25N5O5/c1-3-5-18-19(11-10-17(14(2)28)20(18)29)32-13-4-12-31-16-8-6-15(7-9-16)23-22(30)21-24-26-27-25-21/h6-11,29H,3-5,12-13H2,1-2H3,(H,23,30)(H,24,25,26,27). The number of carbonyl (C=O) groups excluding carboxylic acids is 2. The molecule has 10 heteroatoms. The summed E-state index contributed by atoms with van der Waals surface area (Å²) in [5.41, 5.74) is 1.54. The number of rotatable bonds is 11. The summed E-state index contributed by atoms with van der Waals surface area (Å²) in [7, 11) is 0. The maximum Gasteiger partial charge on any atom is 0.297 e. The summed E-state index contributed by atoms with van der Waals surface area (Å²) in [6.45, 7) is 4.25. The van der Waals surface area contributed by atoms with Gasteiger partial charge in [0.15, 0.2) is 5.78 Å². The van der Waals surface area contributed by atoms with Crippen LogP contribution in [0.25, 0.3) is 0 Å². The van der Waals surface area contributed by atoms with Crippen molar-refractivity contribution in [1.29, 1.82) is 0 Å². The van der Waals surface area contributed by atoms with Crippen molar-refractivity contribution >= 4 is 17.4 Å². The number of nitrogens with zero attached hydrogens (tertiary/aromatic N) is 3. The number of ketones is 1. The molecule has 0 radical (unpaired) electrons. The molecule has 0 saturated heterocycles. The van der Waals surface area contributed by atoms with E-state index in [9.17, 15) is 14.7 Å². The SMILES string of the molecule is CCCc1c(OCCCOc2ccc(NC(=O)c3nn[nH]n3)cc2)ccc(C(C)=O)c1O. The van der Waals surface area contributed by atoms with Gasteiger partial charge in [0.1, 0.15) is 17.2 Å². The second-order valence-electron chi connectivity index (χ2n) is 7.01. The highest BCUT2D eigenvalue weighted by Crippen LogP contribution is 2.33. The first-order valence-corrected chi connectivity index (χ1v) is 10.3. The van der Waals surface area contributed by atoms with Crippen molar-refractivity contribution in [3.05, 3.63) is 53.3 Å². The zero-order chi connectivity index (χ0) is 22.9. The van der Waals surface area contributed by atoms with E-state index in [0.717, 1.165) is 6.42 Å². The third-order valence-electron chi connectivity index (χ3n) is 4.59. The van der Waals surface area contributed by atoms with Crippen molar-refractivity contribution in [2.24, 2.45) is 0 Å². The Hall–Kier alpha value is -3.95. The van der Waals surface area contributed by atoms with Gasteiger partial charge in [-0.05, 0) is 55.0 Å². The minimum absolute atomic E-state index is 0.000358. The van der Waals surface area contributed by atoms with E-state index in [1.165, 1.54) is 6.92 Å². The normalized spacial score (nSPS) is 10.6. The molecule has 0 spiro atoms. The molecule has 1 aromatic heterocycles. The van der Waals surface area contributed by atoms with Gasteiger partial charge in [-0.2, -0.15) is 5.21 Å². The van der Waals surface area contributed by atoms with E-state index < -0.39 is 5.91 Å². The topological polar surface area (TPSA) is 139 Å². The molecule has 3 rings (SSSR count). The zero-order valence-electron chi connectivity index (χ0n) is 17.9. The van der Waals surface area contributed by atoms with Crippen LogP contribution in [-0.4, -0.2) is 50.6 Å². The quantitative estimate of drug-likeness (QED) is 0.306. The number of ether oxygens (including phenoxy) is 2. The van der Waals surface area contributed by atoms with Gasteiger partial charge in [-0.1, -0.05) is 13.3 Å². The van der Waals surface area contributed by atoms with E-state index in [0.29, 0.717) is 54.4 Å². The molecule has 0 atom stereocenters. The predicted octanol–water partition coefficient (Wildman–Crippen LogP) is 3.16. The lowest BCUT2D eigenvalue weighted by atomic mass is 10.0. The van der Waals surface area contributed by atoms with Crippen LogP contribution < -0.4 is 14.8 Å². The average Bonchev–Trinajstić information content (AvgIpc) is 3.32. The maximum atomic E-state index is 11.9. The molecule has 32 heavy (non-hydrogen) atoms. The van der Waals surface area contributed by atoms with E-state index in [4.69, 9.17) is 9.47 Å². The number of aromatic nitrogens is 4. The zero-order valence-corrected chi connectivity index (χ0v) is 17.9. The molecule has 3 aromatic rings. The Labute approximate surface area is 184 Å². The monoisotopic (exact) mass is 439 g/mol. The first-order chi connectivity index (χ1) is 15.5. The van der Waals surface area contributed by atoms with Gasteiger partial charge in [-0.15, -0.1) is 10.2 Å². The number of benzene rings is 2. The highest BCUT2D eigenvalue weighted by atomic mass is 16.5. The van der Waals surface area contributed by atoms with Gasteiger partial charge in [-0.25, -0.2) is 0 Å². The number of anilines is 1. The third-order valence-corrected chi connectivity index (χ3v) is 4.59. The van der Waals surface area contributed by atoms with Crippen LogP contribution >= 0.6 is 0 Å². The number of phenolic OH excluding ortho intramolecular Hbond substituents is 1. The second kappa shape index (κ2) is 10.9. The van der Waals surface area contributed by atoms with Gasteiger partial charge in [0.25, 0.3) is 11.7 Å². The van der Waals surface area contributed by atoms with E-state index in [1.807, 2.05) is 6.92 Å². The molecule has 2 aromatic carbocycles. The first kappa shape index (κ1) is 22.7. The van der Waals surface area contributed by atoms with Crippen molar-refractivity contribution in [2.45, 2.75) is 33.1 Å². The molecule has 1 heterocycles. The minimum Gasteiger partial charge on any atom is -0.507 e. The smallest absolute Gasteiger partial charge is 0.297 e. The number of aromatic hydroxyl groups is 1. The van der Waals surface area contributed by atoms with Crippen molar-refractivity contribution in [3.8, 4) is 17.2 Å². The number of carbonyl (C=O) groups is 2. The number of hydrogen-bond acceptors (Lipinski definition) is 8. The van der Waals surface area contributed by atoms with Crippen LogP contribution in [0.1, 0.15) is 53.2 Å². The summed E-state index contributed by atoms with van der Waals surface area (Å²) < 4.78 is 11.5. The number of phenols is 1. The highest BCUT2D eigenvalue weighted by Gasteiger charge is 2.16. The van der Waals surface area contributed by atoms with Crippen molar-refractivity contribution < 1.29 is 24.2 Å². The van der Waals surface area contributed by atoms with E-state index >= 15 is 0 Å². The summed E-state index contributed by atoms with van der Waals surface area (Å²) in [6, 6.07) is 10.2. The predicted molar refractivity (Wildman–Crippen MR) is 116 cm³/mol. The summed E-state index contributed by atoms with van der Waals surface area (Å²) >= 11 is 0. The number of amides is 1. The number of tetrazole rings is 1. The molecule has 0 aliphatic carbocycles. The van der Waals surface area contributed by atoms with Crippen LogP contribution in [0.2, 0.25) is 0 Å². The third kappa shape index (κ3) is 5.81. The van der Waals surface area contributed by atoms with Gasteiger partial charge in [0, 0.05) is 17.7 Å². The van der Waals surface area contributed by atoms with Crippen molar-refractivity contribution in [1.82, 2.24) is 20.6 Å². The molecule has 3 N–H and O–H groups in total. The molecular formula is C22H25N5O5. The second-order valence-corrected chi connectivity index (χ2v) is 7.01. The molecule has 168 valence electrons. The Bertz CT molecular complexity index is 1050. The molecule has 0 saturated carbocycles. The molecule has 0 unspecified atom stereocenters. The van der Waals surface area contributed by atoms with Crippen LogP contribution in [0.15, 0.2) is 36.4 Å². The molecule has 0 aliphatic heterocycles. The molecule has 0 bridgehead atoms. The number of Topliss-reactive ketones (excluding diaryl/α,β-unsaturated/α-hetero) is 1. The number of nitrogens with one attached hydrogen (secondary N) is 2. The molecular weight excluding hydrogens is 414 g/mol. The van der Waals surface area contributed by atoms with E-state index in [1.54, 1.807) is 36.4 Å². The molecule has 10 nitrogen and oxygen atoms in total. The molecule has 0 aliphatic rings. The largest absolute Gasteiger partial charge is 0.507 e. The Morgan fingerprint density at radius 2 is 1.84 bits per heavy atom. The van der Waals surface area contributed by atoms with Crippen LogP contribution in [0.4, 0.5) is 5.69 Å². The lowest BCUT2D eigenvalue weighted by Crippen LogP contribution is -2.13. The fourth-order valence-corrected chi connectivity index (χ4v) is 3.04. The van der Waals surface area contributed by atoms with Gasteiger partial charge < -0.3 is 19.9 Å². The van der Waals surface area contributed by atoms with E-state index in [2.05, 4.69) is 25.9 Å². The van der Waals surface area contributed by atoms with Gasteiger partial charge in [0.05, 0.1) is 18.8 Å². The Morgan fingerprint density at radius 1 is 1.09 bits per heavy atom. The number of aromatic amines is 1. The summed E-state index contributed by atoms with van der Waals surface area (Å²) in [6.07, 6.45) is 2.06. The van der Waals surface area contributed by atoms with Crippen LogP contribution in [0.3, 0.4) is 0 Å². The Balaban J connectivity index is 1.46. The molecule has 1 amide bonds. The summed E-state index contributed by atoms with van der Waals surface area (Å²) in [5.74, 6) is 0.541. The van der Waals surface area contributed by atoms with Crippen molar-refractivity contribution in [3.63, 3.8) is 0 Å². The lowest BCUT2D eigenvalue weighted by molar-refractivity contribution is 0.100. The number of H-pyrrole nitrogens is 1. The van der Waals surface area contributed by atoms with Crippen LogP contribution in [0.5, 0.6) is 17.2 Å². The van der Waals surface area contributed by atoms with Crippen molar-refractivity contribution in [2.75, 3.05) is 18.5 Å². The fourth-order valence-electron chi connectivity index (χ4n) is 3.04. The average molecular weight is 439 g/mol. The minimum atomic E-state index is -0.464. The first-order valence-electron chi connectivity index (χ1n) is 10.3.